The molecule has 4 nitrogen and oxygen atoms in total. The van der Waals surface area contributed by atoms with E-state index in [4.69, 9.17) is 0 Å². The normalized spacial score (nSPS) is 13.6. The molecule has 0 bridgehead atoms. The van der Waals surface area contributed by atoms with Crippen LogP contribution in [0.5, 0.6) is 0 Å². The van der Waals surface area contributed by atoms with Gasteiger partial charge in [-0.1, -0.05) is 74.4 Å². The predicted octanol–water partition coefficient (Wildman–Crippen LogP) is 8.53. The van der Waals surface area contributed by atoms with Gasteiger partial charge in [0.05, 0.1) is 0 Å². The quantitative estimate of drug-likeness (QED) is 0.229. The van der Waals surface area contributed by atoms with E-state index in [1.54, 1.807) is 0 Å². The smallest absolute Gasteiger partial charge is 0.0478 e. The molecule has 0 saturated heterocycles. The highest BCUT2D eigenvalue weighted by Crippen LogP contribution is 2.35. The van der Waals surface area contributed by atoms with Crippen LogP contribution >= 0.6 is 0 Å². The van der Waals surface area contributed by atoms with Gasteiger partial charge in [0, 0.05) is 62.3 Å². The monoisotopic (exact) mass is 516 g/mol. The first-order valence-electron chi connectivity index (χ1n) is 14.1. The van der Waals surface area contributed by atoms with E-state index in [0.29, 0.717) is 5.92 Å². The topological polar surface area (TPSA) is 31.4 Å². The van der Waals surface area contributed by atoms with Crippen molar-refractivity contribution in [3.8, 4) is 11.1 Å². The third kappa shape index (κ3) is 6.88. The van der Waals surface area contributed by atoms with E-state index in [-0.39, 0.29) is 0 Å². The number of benzene rings is 3. The van der Waals surface area contributed by atoms with Gasteiger partial charge in [0.15, 0.2) is 0 Å². The summed E-state index contributed by atoms with van der Waals surface area (Å²) in [6, 6.07) is 30.6. The Bertz CT molecular complexity index is 1340. The maximum atomic E-state index is 4.66. The number of hydrogen-bond donors (Lipinski definition) is 1. The molecule has 1 aliphatic carbocycles. The van der Waals surface area contributed by atoms with Crippen molar-refractivity contribution in [3.05, 3.63) is 121 Å². The third-order valence-corrected chi connectivity index (χ3v) is 7.81. The van der Waals surface area contributed by atoms with Gasteiger partial charge in [-0.25, -0.2) is 0 Å². The van der Waals surface area contributed by atoms with E-state index < -0.39 is 0 Å². The van der Waals surface area contributed by atoms with Crippen LogP contribution in [-0.4, -0.2) is 19.1 Å². The van der Waals surface area contributed by atoms with Crippen molar-refractivity contribution in [2.45, 2.75) is 45.2 Å². The van der Waals surface area contributed by atoms with Gasteiger partial charge in [-0.15, -0.1) is 0 Å². The van der Waals surface area contributed by atoms with Crippen molar-refractivity contribution in [2.75, 3.05) is 29.2 Å². The summed E-state index contributed by atoms with van der Waals surface area (Å²) >= 11 is 0. The van der Waals surface area contributed by atoms with Gasteiger partial charge in [0.1, 0.15) is 0 Å². The largest absolute Gasteiger partial charge is 0.381 e. The summed E-state index contributed by atoms with van der Waals surface area (Å²) < 4.78 is 0. The van der Waals surface area contributed by atoms with E-state index in [2.05, 4.69) is 120 Å². The van der Waals surface area contributed by atoms with Gasteiger partial charge in [-0.2, -0.15) is 0 Å². The summed E-state index contributed by atoms with van der Waals surface area (Å²) in [5.41, 5.74) is 9.68. The minimum Gasteiger partial charge on any atom is -0.381 e. The average molecular weight is 517 g/mol. The van der Waals surface area contributed by atoms with Gasteiger partial charge in [-0.05, 0) is 77.4 Å². The number of hydrogen-bond acceptors (Lipinski definition) is 4. The summed E-state index contributed by atoms with van der Waals surface area (Å²) in [6.45, 7) is 6.21. The molecule has 1 aromatic heterocycles. The Morgan fingerprint density at radius 3 is 2.21 bits per heavy atom. The molecular weight excluding hydrogens is 476 g/mol. The van der Waals surface area contributed by atoms with Gasteiger partial charge in [0.2, 0.25) is 0 Å². The molecule has 1 saturated carbocycles. The van der Waals surface area contributed by atoms with Crippen LogP contribution in [0.2, 0.25) is 0 Å². The highest BCUT2D eigenvalue weighted by molar-refractivity contribution is 5.67. The van der Waals surface area contributed by atoms with Crippen molar-refractivity contribution in [1.29, 1.82) is 0 Å². The molecule has 200 valence electrons. The second-order valence-electron chi connectivity index (χ2n) is 10.8. The molecule has 3 aromatic carbocycles. The summed E-state index contributed by atoms with van der Waals surface area (Å²) in [6.07, 6.45) is 10.1. The molecule has 0 radical (unpaired) electrons. The summed E-state index contributed by atoms with van der Waals surface area (Å²) in [7, 11) is 4.15. The highest BCUT2D eigenvalue weighted by Gasteiger charge is 2.22. The summed E-state index contributed by atoms with van der Waals surface area (Å²) in [5.74, 6) is 0.542. The van der Waals surface area contributed by atoms with Crippen LogP contribution in [-0.2, 0) is 13.1 Å². The standard InChI is InChI=1S/C35H40N4/c1-27(30-10-5-4-6-11-30)39(35-13-7-12-33(23-35)37-25-29-9-8-22-36-24-29)26-28-14-16-31(17-15-28)32-18-20-34(21-19-32)38(2)3/h7-9,12-24,30,37H,1,4-6,10-11,25-26H2,2-3H3. The number of allylic oxidation sites excluding steroid dienone is 1. The minimum atomic E-state index is 0.542. The van der Waals surface area contributed by atoms with Crippen LogP contribution in [0.1, 0.15) is 43.2 Å². The van der Waals surface area contributed by atoms with Crippen LogP contribution in [0.25, 0.3) is 11.1 Å². The molecule has 1 N–H and O–H groups in total. The Morgan fingerprint density at radius 1 is 0.821 bits per heavy atom. The molecule has 0 spiro atoms. The summed E-state index contributed by atoms with van der Waals surface area (Å²) in [5, 5.41) is 3.58. The molecule has 39 heavy (non-hydrogen) atoms. The van der Waals surface area contributed by atoms with Crippen LogP contribution in [0.15, 0.2) is 110 Å². The van der Waals surface area contributed by atoms with Gasteiger partial charge in [-0.3, -0.25) is 4.98 Å². The van der Waals surface area contributed by atoms with Crippen molar-refractivity contribution < 1.29 is 0 Å². The van der Waals surface area contributed by atoms with Crippen molar-refractivity contribution in [3.63, 3.8) is 0 Å². The minimum absolute atomic E-state index is 0.542. The molecule has 0 aliphatic heterocycles. The molecule has 1 fully saturated rings. The lowest BCUT2D eigenvalue weighted by Crippen LogP contribution is -2.27. The maximum Gasteiger partial charge on any atom is 0.0478 e. The number of nitrogens with zero attached hydrogens (tertiary/aromatic N) is 3. The van der Waals surface area contributed by atoms with E-state index in [9.17, 15) is 0 Å². The molecular formula is C35H40N4. The fourth-order valence-corrected chi connectivity index (χ4v) is 5.44. The Morgan fingerprint density at radius 2 is 1.54 bits per heavy atom. The SMILES string of the molecule is C=C(C1CCCCC1)N(Cc1ccc(-c2ccc(N(C)C)cc2)cc1)c1cccc(NCc2cccnc2)c1. The van der Waals surface area contributed by atoms with Crippen molar-refractivity contribution in [1.82, 2.24) is 4.98 Å². The zero-order valence-electron chi connectivity index (χ0n) is 23.3. The van der Waals surface area contributed by atoms with Crippen LogP contribution in [0.4, 0.5) is 17.1 Å². The first-order chi connectivity index (χ1) is 19.1. The van der Waals surface area contributed by atoms with E-state index in [0.717, 1.165) is 18.8 Å². The number of aromatic nitrogens is 1. The first-order valence-corrected chi connectivity index (χ1v) is 14.1. The first kappa shape index (κ1) is 26.6. The Balaban J connectivity index is 1.36. The zero-order valence-corrected chi connectivity index (χ0v) is 23.3. The van der Waals surface area contributed by atoms with Gasteiger partial charge < -0.3 is 15.1 Å². The Kier molecular flexibility index (Phi) is 8.62. The molecule has 4 aromatic rings. The average Bonchev–Trinajstić information content (AvgIpc) is 3.00. The molecule has 5 rings (SSSR count). The molecule has 0 atom stereocenters. The van der Waals surface area contributed by atoms with Crippen molar-refractivity contribution in [2.24, 2.45) is 5.92 Å². The van der Waals surface area contributed by atoms with Gasteiger partial charge >= 0.3 is 0 Å². The maximum absolute atomic E-state index is 4.66. The number of rotatable bonds is 10. The lowest BCUT2D eigenvalue weighted by molar-refractivity contribution is 0.396. The van der Waals surface area contributed by atoms with Crippen molar-refractivity contribution >= 4 is 17.1 Å². The fourth-order valence-electron chi connectivity index (χ4n) is 5.44. The summed E-state index contributed by atoms with van der Waals surface area (Å²) in [4.78, 5) is 8.80. The zero-order chi connectivity index (χ0) is 27.0. The number of anilines is 3. The predicted molar refractivity (Wildman–Crippen MR) is 166 cm³/mol. The van der Waals surface area contributed by atoms with Gasteiger partial charge in [0.25, 0.3) is 0 Å². The van der Waals surface area contributed by atoms with E-state index in [1.165, 1.54) is 71.4 Å². The molecule has 0 amide bonds. The second kappa shape index (κ2) is 12.7. The lowest BCUT2D eigenvalue weighted by atomic mass is 9.86. The number of pyridine rings is 1. The van der Waals surface area contributed by atoms with E-state index >= 15 is 0 Å². The molecule has 1 aliphatic rings. The Hall–Kier alpha value is -4.05. The molecule has 0 unspecified atom stereocenters. The lowest BCUT2D eigenvalue weighted by Gasteiger charge is -2.34. The highest BCUT2D eigenvalue weighted by atomic mass is 15.1. The fraction of sp³-hybridized carbons (Fsp3) is 0.286. The Labute approximate surface area is 234 Å². The van der Waals surface area contributed by atoms with E-state index in [1.807, 2.05) is 18.5 Å². The van der Waals surface area contributed by atoms with Crippen LogP contribution in [0, 0.1) is 5.92 Å². The molecule has 1 heterocycles. The number of nitrogens with one attached hydrogen (secondary N) is 1. The third-order valence-electron chi connectivity index (χ3n) is 7.81. The second-order valence-corrected chi connectivity index (χ2v) is 10.8. The molecule has 4 heteroatoms. The van der Waals surface area contributed by atoms with Crippen LogP contribution in [0.3, 0.4) is 0 Å². The van der Waals surface area contributed by atoms with Crippen LogP contribution < -0.4 is 15.1 Å².